The molecule has 0 aromatic heterocycles. The molecule has 2 amide bonds. The first kappa shape index (κ1) is 28.2. The van der Waals surface area contributed by atoms with E-state index in [2.05, 4.69) is 5.32 Å². The molecule has 0 radical (unpaired) electrons. The molecule has 0 fully saturated rings. The number of aryl methyl sites for hydroxylation is 2. The Bertz CT molecular complexity index is 1120. The topological polar surface area (TPSA) is 96.0 Å². The van der Waals surface area contributed by atoms with Crippen LogP contribution in [0.4, 0.5) is 5.69 Å². The first-order chi connectivity index (χ1) is 16.5. The van der Waals surface area contributed by atoms with Crippen molar-refractivity contribution in [3.63, 3.8) is 0 Å². The number of nitrogens with zero attached hydrogens (tertiary/aromatic N) is 2. The number of carbonyl (C=O) groups is 2. The van der Waals surface area contributed by atoms with Gasteiger partial charge in [-0.2, -0.15) is 0 Å². The number of anilines is 1. The van der Waals surface area contributed by atoms with E-state index in [1.54, 1.807) is 38.3 Å². The largest absolute Gasteiger partial charge is 0.497 e. The molecule has 0 aliphatic rings. The lowest BCUT2D eigenvalue weighted by atomic mass is 10.1. The average Bonchev–Trinajstić information content (AvgIpc) is 2.82. The highest BCUT2D eigenvalue weighted by Crippen LogP contribution is 2.22. The van der Waals surface area contributed by atoms with Gasteiger partial charge in [-0.1, -0.05) is 31.5 Å². The van der Waals surface area contributed by atoms with Crippen molar-refractivity contribution < 1.29 is 22.7 Å². The molecule has 0 spiro atoms. The lowest BCUT2D eigenvalue weighted by Gasteiger charge is -2.31. The molecule has 35 heavy (non-hydrogen) atoms. The van der Waals surface area contributed by atoms with Crippen LogP contribution in [0.25, 0.3) is 0 Å². The smallest absolute Gasteiger partial charge is 0.244 e. The number of carbonyl (C=O) groups excluding carboxylic acids is 2. The molecule has 2 rings (SSSR count). The van der Waals surface area contributed by atoms with Crippen molar-refractivity contribution >= 4 is 27.5 Å². The van der Waals surface area contributed by atoms with E-state index >= 15 is 0 Å². The number of ether oxygens (including phenoxy) is 1. The Morgan fingerprint density at radius 1 is 1.06 bits per heavy atom. The van der Waals surface area contributed by atoms with Gasteiger partial charge in [-0.3, -0.25) is 13.9 Å². The van der Waals surface area contributed by atoms with Gasteiger partial charge >= 0.3 is 0 Å². The number of sulfonamides is 1. The molecule has 9 heteroatoms. The quantitative estimate of drug-likeness (QED) is 0.448. The molecule has 2 aromatic carbocycles. The molecule has 0 unspecified atom stereocenters. The summed E-state index contributed by atoms with van der Waals surface area (Å²) >= 11 is 0. The summed E-state index contributed by atoms with van der Waals surface area (Å²) in [5.74, 6) is -0.0741. The first-order valence-electron chi connectivity index (χ1n) is 11.7. The third kappa shape index (κ3) is 7.99. The van der Waals surface area contributed by atoms with Gasteiger partial charge in [-0.25, -0.2) is 8.42 Å². The highest BCUT2D eigenvalue weighted by atomic mass is 32.2. The fraction of sp³-hybridized carbons (Fsp3) is 0.462. The van der Waals surface area contributed by atoms with E-state index < -0.39 is 28.5 Å². The predicted molar refractivity (Wildman–Crippen MR) is 139 cm³/mol. The molecule has 8 nitrogen and oxygen atoms in total. The SMILES string of the molecule is CCCCNC(=O)[C@H](C)N(Cc1ccc(OC)cc1)C(=O)CN(c1ccc(C)c(C)c1)S(C)(=O)=O. The van der Waals surface area contributed by atoms with Crippen LogP contribution in [0.2, 0.25) is 0 Å². The molecule has 0 saturated heterocycles. The van der Waals surface area contributed by atoms with Crippen molar-refractivity contribution in [2.45, 2.75) is 53.1 Å². The van der Waals surface area contributed by atoms with Gasteiger partial charge in [0.1, 0.15) is 18.3 Å². The van der Waals surface area contributed by atoms with E-state index in [-0.39, 0.29) is 12.5 Å². The van der Waals surface area contributed by atoms with Crippen LogP contribution in [-0.4, -0.2) is 57.6 Å². The van der Waals surface area contributed by atoms with E-state index in [0.717, 1.165) is 40.1 Å². The van der Waals surface area contributed by atoms with E-state index in [1.165, 1.54) is 4.90 Å². The first-order valence-corrected chi connectivity index (χ1v) is 13.6. The molecular formula is C26H37N3O5S. The minimum absolute atomic E-state index is 0.149. The summed E-state index contributed by atoms with van der Waals surface area (Å²) in [5, 5.41) is 2.87. The van der Waals surface area contributed by atoms with Crippen molar-refractivity contribution in [1.29, 1.82) is 0 Å². The Morgan fingerprint density at radius 3 is 2.26 bits per heavy atom. The van der Waals surface area contributed by atoms with Crippen LogP contribution in [0.15, 0.2) is 42.5 Å². The molecule has 0 aliphatic carbocycles. The van der Waals surface area contributed by atoms with Crippen molar-refractivity contribution in [2.75, 3.05) is 30.8 Å². The summed E-state index contributed by atoms with van der Waals surface area (Å²) in [7, 11) is -2.18. The number of methoxy groups -OCH3 is 1. The van der Waals surface area contributed by atoms with Crippen LogP contribution in [0, 0.1) is 13.8 Å². The van der Waals surface area contributed by atoms with E-state index in [4.69, 9.17) is 4.74 Å². The lowest BCUT2D eigenvalue weighted by molar-refractivity contribution is -0.139. The number of hydrogen-bond acceptors (Lipinski definition) is 5. The maximum atomic E-state index is 13.5. The maximum Gasteiger partial charge on any atom is 0.244 e. The second kappa shape index (κ2) is 12.6. The van der Waals surface area contributed by atoms with Crippen LogP contribution in [-0.2, 0) is 26.2 Å². The Morgan fingerprint density at radius 2 is 1.71 bits per heavy atom. The molecule has 0 aliphatic heterocycles. The highest BCUT2D eigenvalue weighted by Gasteiger charge is 2.30. The lowest BCUT2D eigenvalue weighted by Crippen LogP contribution is -2.51. The Kier molecular flexibility index (Phi) is 10.1. The van der Waals surface area contributed by atoms with Crippen LogP contribution >= 0.6 is 0 Å². The minimum atomic E-state index is -3.75. The summed E-state index contributed by atoms with van der Waals surface area (Å²) in [6.45, 7) is 7.76. The zero-order valence-corrected chi connectivity index (χ0v) is 22.3. The summed E-state index contributed by atoms with van der Waals surface area (Å²) in [6.07, 6.45) is 2.84. The van der Waals surface area contributed by atoms with E-state index in [0.29, 0.717) is 18.0 Å². The monoisotopic (exact) mass is 503 g/mol. The predicted octanol–water partition coefficient (Wildman–Crippen LogP) is 3.41. The van der Waals surface area contributed by atoms with Gasteiger partial charge in [0.25, 0.3) is 0 Å². The van der Waals surface area contributed by atoms with Crippen molar-refractivity contribution in [3.05, 3.63) is 59.2 Å². The fourth-order valence-corrected chi connectivity index (χ4v) is 4.38. The van der Waals surface area contributed by atoms with Gasteiger partial charge in [-0.05, 0) is 68.1 Å². The van der Waals surface area contributed by atoms with Crippen LogP contribution in [0.3, 0.4) is 0 Å². The molecule has 1 atom stereocenters. The number of rotatable bonds is 12. The number of nitrogens with one attached hydrogen (secondary N) is 1. The second-order valence-electron chi connectivity index (χ2n) is 8.73. The number of hydrogen-bond donors (Lipinski definition) is 1. The summed E-state index contributed by atoms with van der Waals surface area (Å²) in [4.78, 5) is 27.8. The Labute approximate surface area is 209 Å². The molecule has 0 saturated carbocycles. The minimum Gasteiger partial charge on any atom is -0.497 e. The highest BCUT2D eigenvalue weighted by molar-refractivity contribution is 7.92. The molecular weight excluding hydrogens is 466 g/mol. The van der Waals surface area contributed by atoms with Gasteiger partial charge < -0.3 is 15.0 Å². The second-order valence-corrected chi connectivity index (χ2v) is 10.6. The normalized spacial score (nSPS) is 12.1. The molecule has 1 N–H and O–H groups in total. The number of benzene rings is 2. The summed E-state index contributed by atoms with van der Waals surface area (Å²) in [6, 6.07) is 11.7. The molecule has 192 valence electrons. The van der Waals surface area contributed by atoms with Gasteiger partial charge in [0.05, 0.1) is 19.1 Å². The van der Waals surface area contributed by atoms with Crippen LogP contribution in [0.5, 0.6) is 5.75 Å². The maximum absolute atomic E-state index is 13.5. The number of amides is 2. The Balaban J connectivity index is 2.36. The zero-order chi connectivity index (χ0) is 26.2. The zero-order valence-electron chi connectivity index (χ0n) is 21.5. The summed E-state index contributed by atoms with van der Waals surface area (Å²) < 4.78 is 31.6. The third-order valence-electron chi connectivity index (χ3n) is 5.97. The average molecular weight is 504 g/mol. The number of unbranched alkanes of at least 4 members (excludes halogenated alkanes) is 1. The van der Waals surface area contributed by atoms with Gasteiger partial charge in [0.15, 0.2) is 0 Å². The van der Waals surface area contributed by atoms with E-state index in [1.807, 2.05) is 39.0 Å². The molecule has 0 bridgehead atoms. The van der Waals surface area contributed by atoms with Gasteiger partial charge in [0, 0.05) is 13.1 Å². The van der Waals surface area contributed by atoms with Crippen molar-refractivity contribution in [2.24, 2.45) is 0 Å². The fourth-order valence-electron chi connectivity index (χ4n) is 3.54. The standard InChI is InChI=1S/C26H37N3O5S/c1-7-8-15-27-26(31)21(4)28(17-22-10-13-24(34-5)14-11-22)25(30)18-29(35(6,32)33)23-12-9-19(2)20(3)16-23/h9-14,16,21H,7-8,15,17-18H2,1-6H3,(H,27,31)/t21-/m0/s1. The molecule has 2 aromatic rings. The van der Waals surface area contributed by atoms with E-state index in [9.17, 15) is 18.0 Å². The Hall–Kier alpha value is -3.07. The molecule has 0 heterocycles. The third-order valence-corrected chi connectivity index (χ3v) is 7.11. The van der Waals surface area contributed by atoms with Crippen molar-refractivity contribution in [1.82, 2.24) is 10.2 Å². The van der Waals surface area contributed by atoms with Gasteiger partial charge in [0.2, 0.25) is 21.8 Å². The van der Waals surface area contributed by atoms with Gasteiger partial charge in [-0.15, -0.1) is 0 Å². The summed E-state index contributed by atoms with van der Waals surface area (Å²) in [5.41, 5.74) is 3.15. The van der Waals surface area contributed by atoms with Crippen molar-refractivity contribution in [3.8, 4) is 5.75 Å². The van der Waals surface area contributed by atoms with Crippen LogP contribution < -0.4 is 14.4 Å². The van der Waals surface area contributed by atoms with Crippen LogP contribution in [0.1, 0.15) is 43.4 Å².